The fourth-order valence-corrected chi connectivity index (χ4v) is 5.93. The number of para-hydroxylation sites is 1. The minimum Gasteiger partial charge on any atom is -0.478 e. The Kier molecular flexibility index (Phi) is 3.77. The van der Waals surface area contributed by atoms with Gasteiger partial charge in [-0.3, -0.25) is 0 Å². The normalized spacial score (nSPS) is 30.5. The highest BCUT2D eigenvalue weighted by Gasteiger charge is 2.54. The third-order valence-corrected chi connectivity index (χ3v) is 6.92. The van der Waals surface area contributed by atoms with E-state index in [9.17, 15) is 23.1 Å². The lowest BCUT2D eigenvalue weighted by Crippen LogP contribution is -2.36. The number of alkyl halides is 3. The largest absolute Gasteiger partial charge is 0.478 e. The fourth-order valence-electron chi connectivity index (χ4n) is 5.93. The molecule has 0 aromatic heterocycles. The molecule has 2 saturated carbocycles. The summed E-state index contributed by atoms with van der Waals surface area (Å²) in [6, 6.07) is 10.5. The number of hydrogen-bond acceptors (Lipinski definition) is 2. The summed E-state index contributed by atoms with van der Waals surface area (Å²) >= 11 is 0. The zero-order chi connectivity index (χ0) is 19.6. The molecule has 0 amide bonds. The first-order chi connectivity index (χ1) is 13.3. The molecule has 0 radical (unpaired) electrons. The van der Waals surface area contributed by atoms with E-state index in [0.29, 0.717) is 23.1 Å². The molecule has 3 aliphatic rings. The molecule has 6 heteroatoms. The SMILES string of the molecule is O=C(O)c1cccc2c1NC(c1cccc(C(F)(F)F)c1)C1C3CCC(C3)C21. The molecular formula is C22H20F3NO2. The molecule has 28 heavy (non-hydrogen) atoms. The molecule has 5 rings (SSSR count). The first-order valence-corrected chi connectivity index (χ1v) is 9.64. The van der Waals surface area contributed by atoms with Gasteiger partial charge in [-0.05, 0) is 72.3 Å². The van der Waals surface area contributed by atoms with E-state index in [2.05, 4.69) is 5.32 Å². The number of halogens is 3. The monoisotopic (exact) mass is 387 g/mol. The van der Waals surface area contributed by atoms with Crippen LogP contribution in [0.1, 0.15) is 58.3 Å². The van der Waals surface area contributed by atoms with Crippen molar-refractivity contribution in [2.45, 2.75) is 37.4 Å². The van der Waals surface area contributed by atoms with E-state index in [0.717, 1.165) is 30.9 Å². The average Bonchev–Trinajstić information content (AvgIpc) is 3.28. The van der Waals surface area contributed by atoms with E-state index < -0.39 is 17.7 Å². The van der Waals surface area contributed by atoms with Crippen LogP contribution in [0.25, 0.3) is 0 Å². The van der Waals surface area contributed by atoms with Gasteiger partial charge in [-0.1, -0.05) is 24.3 Å². The third kappa shape index (κ3) is 2.54. The smallest absolute Gasteiger partial charge is 0.416 e. The van der Waals surface area contributed by atoms with Gasteiger partial charge in [0.05, 0.1) is 22.9 Å². The molecule has 2 aliphatic carbocycles. The molecule has 146 valence electrons. The number of benzene rings is 2. The quantitative estimate of drug-likeness (QED) is 0.695. The van der Waals surface area contributed by atoms with E-state index in [4.69, 9.17) is 0 Å². The van der Waals surface area contributed by atoms with Gasteiger partial charge in [0.2, 0.25) is 0 Å². The molecule has 0 saturated heterocycles. The second kappa shape index (κ2) is 6.00. The minimum absolute atomic E-state index is 0.190. The first kappa shape index (κ1) is 17.6. The molecule has 1 aliphatic heterocycles. The van der Waals surface area contributed by atoms with Crippen LogP contribution in [0.15, 0.2) is 42.5 Å². The second-order valence-corrected chi connectivity index (χ2v) is 8.26. The molecule has 1 heterocycles. The van der Waals surface area contributed by atoms with Crippen LogP contribution in [0.3, 0.4) is 0 Å². The topological polar surface area (TPSA) is 49.3 Å². The Hall–Kier alpha value is -2.50. The molecule has 2 bridgehead atoms. The summed E-state index contributed by atoms with van der Waals surface area (Å²) in [6.07, 6.45) is -1.12. The van der Waals surface area contributed by atoms with E-state index in [-0.39, 0.29) is 23.4 Å². The summed E-state index contributed by atoms with van der Waals surface area (Å²) in [4.78, 5) is 11.8. The van der Waals surface area contributed by atoms with Crippen molar-refractivity contribution in [3.8, 4) is 0 Å². The number of nitrogens with one attached hydrogen (secondary N) is 1. The lowest BCUT2D eigenvalue weighted by molar-refractivity contribution is -0.137. The maximum absolute atomic E-state index is 13.3. The zero-order valence-corrected chi connectivity index (χ0v) is 15.0. The Morgan fingerprint density at radius 3 is 2.57 bits per heavy atom. The van der Waals surface area contributed by atoms with Crippen molar-refractivity contribution < 1.29 is 23.1 Å². The standard InChI is InChI=1S/C22H20F3NO2/c23-22(24,25)14-4-1-3-13(10-14)19-18-12-8-7-11(9-12)17(18)15-5-2-6-16(21(27)28)20(15)26-19/h1-6,10-12,17-19,26H,7-9H2,(H,27,28). The number of carboxylic acids is 1. The van der Waals surface area contributed by atoms with Gasteiger partial charge in [0.25, 0.3) is 0 Å². The van der Waals surface area contributed by atoms with Crippen molar-refractivity contribution in [3.63, 3.8) is 0 Å². The van der Waals surface area contributed by atoms with E-state index in [1.54, 1.807) is 18.2 Å². The minimum atomic E-state index is -4.40. The number of hydrogen-bond donors (Lipinski definition) is 2. The van der Waals surface area contributed by atoms with Crippen molar-refractivity contribution >= 4 is 11.7 Å². The van der Waals surface area contributed by atoms with Crippen LogP contribution in [-0.4, -0.2) is 11.1 Å². The van der Waals surface area contributed by atoms with E-state index >= 15 is 0 Å². The van der Waals surface area contributed by atoms with Gasteiger partial charge in [-0.2, -0.15) is 13.2 Å². The number of anilines is 1. The highest BCUT2D eigenvalue weighted by atomic mass is 19.4. The van der Waals surface area contributed by atoms with Gasteiger partial charge in [-0.15, -0.1) is 0 Å². The second-order valence-electron chi connectivity index (χ2n) is 8.26. The Morgan fingerprint density at radius 2 is 1.82 bits per heavy atom. The predicted molar refractivity (Wildman–Crippen MR) is 98.3 cm³/mol. The number of carboxylic acid groups (broad SMARTS) is 1. The maximum Gasteiger partial charge on any atom is 0.416 e. The van der Waals surface area contributed by atoms with Gasteiger partial charge in [0.15, 0.2) is 0 Å². The predicted octanol–water partition coefficient (Wildman–Crippen LogP) is 5.70. The molecule has 0 spiro atoms. The molecule has 2 aromatic rings. The summed E-state index contributed by atoms with van der Waals surface area (Å²) < 4.78 is 39.8. The Labute approximate surface area is 160 Å². The first-order valence-electron chi connectivity index (χ1n) is 9.64. The molecule has 2 N–H and O–H groups in total. The van der Waals surface area contributed by atoms with Crippen LogP contribution in [0.5, 0.6) is 0 Å². The highest BCUT2D eigenvalue weighted by molar-refractivity contribution is 5.95. The van der Waals surface area contributed by atoms with Gasteiger partial charge < -0.3 is 10.4 Å². The molecular weight excluding hydrogens is 367 g/mol. The number of carbonyl (C=O) groups is 1. The van der Waals surface area contributed by atoms with Crippen LogP contribution in [0.4, 0.5) is 18.9 Å². The van der Waals surface area contributed by atoms with Crippen LogP contribution in [-0.2, 0) is 6.18 Å². The lowest BCUT2D eigenvalue weighted by Gasteiger charge is -2.44. The number of rotatable bonds is 2. The Balaban J connectivity index is 1.65. The van der Waals surface area contributed by atoms with Crippen molar-refractivity contribution in [2.24, 2.45) is 17.8 Å². The summed E-state index contributed by atoms with van der Waals surface area (Å²) in [5.74, 6) is 0.318. The van der Waals surface area contributed by atoms with Crippen LogP contribution < -0.4 is 5.32 Å². The van der Waals surface area contributed by atoms with Crippen molar-refractivity contribution in [1.29, 1.82) is 0 Å². The zero-order valence-electron chi connectivity index (χ0n) is 15.0. The summed E-state index contributed by atoms with van der Waals surface area (Å²) in [5, 5.41) is 13.0. The summed E-state index contributed by atoms with van der Waals surface area (Å²) in [6.45, 7) is 0. The van der Waals surface area contributed by atoms with Crippen molar-refractivity contribution in [2.75, 3.05) is 5.32 Å². The van der Waals surface area contributed by atoms with Gasteiger partial charge >= 0.3 is 12.1 Å². The number of aromatic carboxylic acids is 1. The van der Waals surface area contributed by atoms with E-state index in [1.807, 2.05) is 6.07 Å². The Bertz CT molecular complexity index is 955. The van der Waals surface area contributed by atoms with Crippen molar-refractivity contribution in [1.82, 2.24) is 0 Å². The maximum atomic E-state index is 13.3. The molecule has 5 unspecified atom stereocenters. The van der Waals surface area contributed by atoms with Crippen molar-refractivity contribution in [3.05, 3.63) is 64.7 Å². The van der Waals surface area contributed by atoms with Gasteiger partial charge in [-0.25, -0.2) is 4.79 Å². The molecule has 5 atom stereocenters. The van der Waals surface area contributed by atoms with Crippen LogP contribution >= 0.6 is 0 Å². The number of fused-ring (bicyclic) bond motifs is 7. The molecule has 3 nitrogen and oxygen atoms in total. The third-order valence-electron chi connectivity index (χ3n) is 6.92. The Morgan fingerprint density at radius 1 is 1.07 bits per heavy atom. The summed E-state index contributed by atoms with van der Waals surface area (Å²) in [7, 11) is 0. The van der Waals surface area contributed by atoms with E-state index in [1.165, 1.54) is 12.1 Å². The van der Waals surface area contributed by atoms with Gasteiger partial charge in [0.1, 0.15) is 0 Å². The average molecular weight is 387 g/mol. The summed E-state index contributed by atoms with van der Waals surface area (Å²) in [5.41, 5.74) is 1.70. The van der Waals surface area contributed by atoms with Gasteiger partial charge in [0, 0.05) is 0 Å². The molecule has 2 fully saturated rings. The van der Waals surface area contributed by atoms with Crippen LogP contribution in [0, 0.1) is 17.8 Å². The lowest BCUT2D eigenvalue weighted by atomic mass is 9.67. The van der Waals surface area contributed by atoms with Crippen LogP contribution in [0.2, 0.25) is 0 Å². The molecule has 2 aromatic carbocycles. The highest BCUT2D eigenvalue weighted by Crippen LogP contribution is 2.64. The fraction of sp³-hybridized carbons (Fsp3) is 0.409.